The molecule has 3 unspecified atom stereocenters. The van der Waals surface area contributed by atoms with E-state index >= 15 is 0 Å². The van der Waals surface area contributed by atoms with E-state index in [0.29, 0.717) is 23.9 Å². The Morgan fingerprint density at radius 1 is 0.581 bits per heavy atom. The SMILES string of the molecule is CC/C=C\C/C=C\C/C=C\C/C=C\C/C=C\CCCCCCCCCCCCCCCCCC(=O)NC(COP(=O)([O-])OCC[N+](C)(C)C)C(O)CCCCCCCCCCC. The van der Waals surface area contributed by atoms with Crippen molar-refractivity contribution in [2.24, 2.45) is 0 Å². The Labute approximate surface area is 383 Å². The zero-order valence-electron chi connectivity index (χ0n) is 41.1. The molecule has 0 rings (SSSR count). The zero-order valence-corrected chi connectivity index (χ0v) is 42.0. The molecule has 2 N–H and O–H groups in total. The molecule has 62 heavy (non-hydrogen) atoms. The van der Waals surface area contributed by atoms with Crippen molar-refractivity contribution in [3.8, 4) is 0 Å². The summed E-state index contributed by atoms with van der Waals surface area (Å²) >= 11 is 0. The van der Waals surface area contributed by atoms with Crippen LogP contribution in [0.5, 0.6) is 0 Å². The standard InChI is InChI=1S/C53H99N2O6P/c1-6-8-10-12-14-16-17-18-19-20-21-22-23-24-25-26-27-28-29-30-31-32-33-34-35-36-37-39-41-43-45-47-53(57)54-51(50-61-62(58,59)60-49-48-55(3,4)5)52(56)46-44-42-40-38-15-13-11-9-7-2/h8,10,14,16,18-19,21-22,24-25,51-52,56H,6-7,9,11-13,15,17,20,23,26-50H2,1-5H3,(H-,54,57,58,59)/b10-8-,16-14-,19-18-,22-21-,25-24-. The van der Waals surface area contributed by atoms with Crippen molar-refractivity contribution in [1.82, 2.24) is 5.32 Å². The molecule has 0 saturated heterocycles. The maximum Gasteiger partial charge on any atom is 0.268 e. The summed E-state index contributed by atoms with van der Waals surface area (Å²) in [6, 6.07) is -0.799. The summed E-state index contributed by atoms with van der Waals surface area (Å²) in [7, 11) is 1.30. The number of aliphatic hydroxyl groups excluding tert-OH is 1. The first-order chi connectivity index (χ1) is 30.0. The summed E-state index contributed by atoms with van der Waals surface area (Å²) in [5.74, 6) is -0.169. The molecule has 0 fully saturated rings. The van der Waals surface area contributed by atoms with Crippen molar-refractivity contribution in [2.45, 2.75) is 231 Å². The predicted molar refractivity (Wildman–Crippen MR) is 265 cm³/mol. The molecular weight excluding hydrogens is 792 g/mol. The van der Waals surface area contributed by atoms with Gasteiger partial charge in [0.1, 0.15) is 13.2 Å². The second-order valence-corrected chi connectivity index (χ2v) is 19.9. The maximum atomic E-state index is 12.9. The Balaban J connectivity index is 4.00. The average molecular weight is 891 g/mol. The molecule has 0 radical (unpaired) electrons. The van der Waals surface area contributed by atoms with Crippen LogP contribution < -0.4 is 10.2 Å². The molecule has 0 aliphatic rings. The Morgan fingerprint density at radius 2 is 0.984 bits per heavy atom. The molecule has 0 spiro atoms. The minimum atomic E-state index is -4.56. The lowest BCUT2D eigenvalue weighted by Gasteiger charge is -2.30. The molecular formula is C53H99N2O6P. The van der Waals surface area contributed by atoms with Crippen molar-refractivity contribution >= 4 is 13.7 Å². The van der Waals surface area contributed by atoms with E-state index in [4.69, 9.17) is 9.05 Å². The first kappa shape index (κ1) is 60.2. The van der Waals surface area contributed by atoms with E-state index in [1.165, 1.54) is 122 Å². The molecule has 0 aromatic carbocycles. The van der Waals surface area contributed by atoms with Gasteiger partial charge in [0.05, 0.1) is 39.9 Å². The van der Waals surface area contributed by atoms with Crippen molar-refractivity contribution in [1.29, 1.82) is 0 Å². The fraction of sp³-hybridized carbons (Fsp3) is 0.792. The quantitative estimate of drug-likeness (QED) is 0.0273. The van der Waals surface area contributed by atoms with Gasteiger partial charge in [-0.05, 0) is 57.8 Å². The molecule has 9 heteroatoms. The lowest BCUT2D eigenvalue weighted by molar-refractivity contribution is -0.870. The Morgan fingerprint density at radius 3 is 1.44 bits per heavy atom. The molecule has 0 aliphatic heterocycles. The van der Waals surface area contributed by atoms with Gasteiger partial charge in [-0.2, -0.15) is 0 Å². The number of amides is 1. The Bertz CT molecular complexity index is 1190. The molecule has 8 nitrogen and oxygen atoms in total. The molecule has 0 bridgehead atoms. The number of carbonyl (C=O) groups excluding carboxylic acids is 1. The van der Waals surface area contributed by atoms with E-state index in [1.807, 2.05) is 21.1 Å². The third-order valence-electron chi connectivity index (χ3n) is 11.3. The van der Waals surface area contributed by atoms with Crippen LogP contribution in [0, 0.1) is 0 Å². The lowest BCUT2D eigenvalue weighted by Crippen LogP contribution is -2.46. The van der Waals surface area contributed by atoms with Gasteiger partial charge >= 0.3 is 0 Å². The van der Waals surface area contributed by atoms with Crippen LogP contribution in [-0.2, 0) is 18.4 Å². The highest BCUT2D eigenvalue weighted by atomic mass is 31.2. The number of hydrogen-bond donors (Lipinski definition) is 2. The van der Waals surface area contributed by atoms with E-state index in [0.717, 1.165) is 70.6 Å². The number of aliphatic hydroxyl groups is 1. The first-order valence-electron chi connectivity index (χ1n) is 25.6. The van der Waals surface area contributed by atoms with Crippen LogP contribution in [0.1, 0.15) is 219 Å². The van der Waals surface area contributed by atoms with E-state index in [-0.39, 0.29) is 19.1 Å². The molecule has 3 atom stereocenters. The largest absolute Gasteiger partial charge is 0.756 e. The summed E-state index contributed by atoms with van der Waals surface area (Å²) < 4.78 is 23.2. The molecule has 0 aromatic rings. The molecule has 1 amide bonds. The summed E-state index contributed by atoms with van der Waals surface area (Å²) in [4.78, 5) is 25.3. The van der Waals surface area contributed by atoms with Gasteiger partial charge in [-0.15, -0.1) is 0 Å². The van der Waals surface area contributed by atoms with Crippen LogP contribution in [0.25, 0.3) is 0 Å². The minimum Gasteiger partial charge on any atom is -0.756 e. The molecule has 0 aromatic heterocycles. The number of unbranched alkanes of at least 4 members (excludes halogenated alkanes) is 23. The highest BCUT2D eigenvalue weighted by molar-refractivity contribution is 7.45. The predicted octanol–water partition coefficient (Wildman–Crippen LogP) is 14.3. The highest BCUT2D eigenvalue weighted by Crippen LogP contribution is 2.38. The average Bonchev–Trinajstić information content (AvgIpc) is 3.23. The Kier molecular flexibility index (Phi) is 43.1. The number of nitrogens with zero attached hydrogens (tertiary/aromatic N) is 1. The molecule has 0 heterocycles. The second-order valence-electron chi connectivity index (χ2n) is 18.5. The summed E-state index contributed by atoms with van der Waals surface area (Å²) in [5.41, 5.74) is 0. The minimum absolute atomic E-state index is 0.0109. The second kappa shape index (κ2) is 44.4. The van der Waals surface area contributed by atoms with Crippen molar-refractivity contribution < 1.29 is 32.9 Å². The van der Waals surface area contributed by atoms with Crippen LogP contribution in [0.2, 0.25) is 0 Å². The number of hydrogen-bond acceptors (Lipinski definition) is 6. The van der Waals surface area contributed by atoms with Crippen LogP contribution in [-0.4, -0.2) is 68.5 Å². The maximum absolute atomic E-state index is 12.9. The molecule has 0 saturated carbocycles. The van der Waals surface area contributed by atoms with Gasteiger partial charge in [-0.3, -0.25) is 9.36 Å². The number of nitrogens with one attached hydrogen (secondary N) is 1. The van der Waals surface area contributed by atoms with Crippen LogP contribution in [0.4, 0.5) is 0 Å². The number of phosphoric acid groups is 1. The molecule has 362 valence electrons. The van der Waals surface area contributed by atoms with Crippen molar-refractivity contribution in [2.75, 3.05) is 40.9 Å². The van der Waals surface area contributed by atoms with E-state index < -0.39 is 20.0 Å². The van der Waals surface area contributed by atoms with E-state index in [9.17, 15) is 19.4 Å². The van der Waals surface area contributed by atoms with E-state index in [2.05, 4.69) is 79.9 Å². The number of allylic oxidation sites excluding steroid dienone is 10. The fourth-order valence-electron chi connectivity index (χ4n) is 7.24. The van der Waals surface area contributed by atoms with E-state index in [1.54, 1.807) is 0 Å². The number of quaternary nitrogens is 1. The van der Waals surface area contributed by atoms with Gasteiger partial charge in [0.15, 0.2) is 0 Å². The van der Waals surface area contributed by atoms with Gasteiger partial charge < -0.3 is 28.8 Å². The third kappa shape index (κ3) is 46.2. The van der Waals surface area contributed by atoms with Gasteiger partial charge in [0.25, 0.3) is 7.82 Å². The molecule has 0 aliphatic carbocycles. The number of carbonyl (C=O) groups is 1. The normalized spacial score (nSPS) is 14.6. The van der Waals surface area contributed by atoms with Crippen LogP contribution in [0.3, 0.4) is 0 Å². The monoisotopic (exact) mass is 891 g/mol. The number of phosphoric ester groups is 1. The number of rotatable bonds is 46. The lowest BCUT2D eigenvalue weighted by atomic mass is 10.0. The first-order valence-corrected chi connectivity index (χ1v) is 27.1. The van der Waals surface area contributed by atoms with Gasteiger partial charge in [-0.1, -0.05) is 216 Å². The summed E-state index contributed by atoms with van der Waals surface area (Å²) in [5, 5.41) is 13.9. The summed E-state index contributed by atoms with van der Waals surface area (Å²) in [6.45, 7) is 4.58. The highest BCUT2D eigenvalue weighted by Gasteiger charge is 2.24. The van der Waals surface area contributed by atoms with Crippen LogP contribution in [0.15, 0.2) is 60.8 Å². The number of likely N-dealkylation sites (N-methyl/N-ethyl adjacent to an activating group) is 1. The fourth-order valence-corrected chi connectivity index (χ4v) is 7.97. The van der Waals surface area contributed by atoms with Gasteiger partial charge in [0, 0.05) is 6.42 Å². The smallest absolute Gasteiger partial charge is 0.268 e. The zero-order chi connectivity index (χ0) is 45.7. The summed E-state index contributed by atoms with van der Waals surface area (Å²) in [6.07, 6.45) is 58.3. The Hall–Kier alpha value is -1.80. The third-order valence-corrected chi connectivity index (χ3v) is 12.2. The van der Waals surface area contributed by atoms with Gasteiger partial charge in [-0.25, -0.2) is 0 Å². The van der Waals surface area contributed by atoms with Crippen molar-refractivity contribution in [3.63, 3.8) is 0 Å². The van der Waals surface area contributed by atoms with Gasteiger partial charge in [0.2, 0.25) is 5.91 Å². The van der Waals surface area contributed by atoms with Crippen LogP contribution >= 0.6 is 7.82 Å². The topological polar surface area (TPSA) is 108 Å². The van der Waals surface area contributed by atoms with Crippen molar-refractivity contribution in [3.05, 3.63) is 60.8 Å².